The van der Waals surface area contributed by atoms with Gasteiger partial charge in [-0.2, -0.15) is 0 Å². The molecule has 2 aromatic rings. The molecular weight excluding hydrogens is 355 g/mol. The molecule has 0 aliphatic rings. The third kappa shape index (κ3) is 4.34. The maximum atomic E-state index is 13.1. The topological polar surface area (TPSA) is 55.1 Å². The lowest BCUT2D eigenvalue weighted by molar-refractivity contribution is -0.115. The van der Waals surface area contributed by atoms with Gasteiger partial charge in [0.15, 0.2) is 0 Å². The highest BCUT2D eigenvalue weighted by Gasteiger charge is 2.06. The number of anilines is 1. The lowest BCUT2D eigenvalue weighted by atomic mass is 10.1. The van der Waals surface area contributed by atoms with E-state index in [2.05, 4.69) is 21.2 Å². The number of hydrogen-bond acceptors (Lipinski definition) is 2. The van der Waals surface area contributed by atoms with Crippen molar-refractivity contribution in [3.8, 4) is 0 Å². The number of rotatable bonds is 4. The summed E-state index contributed by atoms with van der Waals surface area (Å²) in [5.74, 6) is -0.557. The van der Waals surface area contributed by atoms with Crippen LogP contribution in [0.3, 0.4) is 0 Å². The van der Waals surface area contributed by atoms with Gasteiger partial charge < -0.3 is 11.1 Å². The monoisotopic (exact) mass is 366 g/mol. The summed E-state index contributed by atoms with van der Waals surface area (Å²) in [4.78, 5) is 12.2. The Morgan fingerprint density at radius 3 is 2.48 bits per heavy atom. The number of carbonyl (C=O) groups is 1. The zero-order chi connectivity index (χ0) is 15.4. The summed E-state index contributed by atoms with van der Waals surface area (Å²) < 4.78 is 13.4. The van der Waals surface area contributed by atoms with Crippen LogP contribution < -0.4 is 11.1 Å². The first-order valence-electron chi connectivity index (χ1n) is 6.09. The van der Waals surface area contributed by atoms with Crippen molar-refractivity contribution in [2.24, 2.45) is 5.73 Å². The molecule has 0 aromatic heterocycles. The highest BCUT2D eigenvalue weighted by atomic mass is 79.9. The molecule has 1 amide bonds. The molecule has 2 rings (SSSR count). The quantitative estimate of drug-likeness (QED) is 0.815. The second kappa shape index (κ2) is 6.78. The lowest BCUT2D eigenvalue weighted by Gasteiger charge is -2.07. The summed E-state index contributed by atoms with van der Waals surface area (Å²) in [5, 5.41) is 2.71. The van der Waals surface area contributed by atoms with Gasteiger partial charge in [0.05, 0.1) is 10.9 Å². The molecule has 0 fully saturated rings. The number of nitrogens with one attached hydrogen (secondary N) is 1. The molecule has 0 aliphatic carbocycles. The van der Waals surface area contributed by atoms with Crippen LogP contribution >= 0.6 is 28.1 Å². The third-order valence-corrected chi connectivity index (χ3v) is 3.65. The molecule has 0 saturated heterocycles. The van der Waals surface area contributed by atoms with E-state index >= 15 is 0 Å². The summed E-state index contributed by atoms with van der Waals surface area (Å²) in [6, 6.07) is 11.5. The zero-order valence-corrected chi connectivity index (χ0v) is 13.3. The van der Waals surface area contributed by atoms with E-state index in [4.69, 9.17) is 18.0 Å². The first-order valence-corrected chi connectivity index (χ1v) is 7.29. The van der Waals surface area contributed by atoms with E-state index in [9.17, 15) is 9.18 Å². The van der Waals surface area contributed by atoms with Crippen LogP contribution in [0, 0.1) is 5.82 Å². The summed E-state index contributed by atoms with van der Waals surface area (Å²) in [7, 11) is 0. The number of benzene rings is 2. The first kappa shape index (κ1) is 15.6. The van der Waals surface area contributed by atoms with E-state index in [1.165, 1.54) is 18.2 Å². The Hall–Kier alpha value is -1.79. The van der Waals surface area contributed by atoms with Gasteiger partial charge in [-0.05, 0) is 39.7 Å². The fraction of sp³-hybridized carbons (Fsp3) is 0.0667. The van der Waals surface area contributed by atoms with E-state index in [0.717, 1.165) is 11.1 Å². The van der Waals surface area contributed by atoms with Crippen molar-refractivity contribution in [1.29, 1.82) is 0 Å². The van der Waals surface area contributed by atoms with Crippen LogP contribution in [0.2, 0.25) is 0 Å². The molecule has 0 heterocycles. The second-order valence-electron chi connectivity index (χ2n) is 4.42. The van der Waals surface area contributed by atoms with Gasteiger partial charge >= 0.3 is 0 Å². The molecular formula is C15H12BrFN2OS. The molecule has 108 valence electrons. The number of carbonyl (C=O) groups excluding carboxylic acids is 1. The molecule has 0 spiro atoms. The second-order valence-corrected chi connectivity index (χ2v) is 5.71. The molecule has 0 saturated carbocycles. The smallest absolute Gasteiger partial charge is 0.228 e. The van der Waals surface area contributed by atoms with Gasteiger partial charge in [-0.1, -0.05) is 36.5 Å². The fourth-order valence-electron chi connectivity index (χ4n) is 1.75. The number of amides is 1. The molecule has 0 bridgehead atoms. The number of hydrogen-bond donors (Lipinski definition) is 2. The van der Waals surface area contributed by atoms with Crippen LogP contribution in [-0.2, 0) is 11.2 Å². The first-order chi connectivity index (χ1) is 9.95. The summed E-state index contributed by atoms with van der Waals surface area (Å²) in [5.41, 5.74) is 7.65. The fourth-order valence-corrected chi connectivity index (χ4v) is 2.27. The highest BCUT2D eigenvalue weighted by Crippen LogP contribution is 2.20. The highest BCUT2D eigenvalue weighted by molar-refractivity contribution is 9.10. The number of nitrogens with two attached hydrogens (primary N) is 1. The molecule has 0 radical (unpaired) electrons. The van der Waals surface area contributed by atoms with Crippen molar-refractivity contribution in [1.82, 2.24) is 0 Å². The van der Waals surface area contributed by atoms with Crippen molar-refractivity contribution in [2.45, 2.75) is 6.42 Å². The van der Waals surface area contributed by atoms with Crippen molar-refractivity contribution < 1.29 is 9.18 Å². The minimum absolute atomic E-state index is 0.184. The Balaban J connectivity index is 2.01. The van der Waals surface area contributed by atoms with Crippen molar-refractivity contribution >= 4 is 44.7 Å². The van der Waals surface area contributed by atoms with E-state index in [-0.39, 0.29) is 18.1 Å². The van der Waals surface area contributed by atoms with E-state index in [1.807, 2.05) is 0 Å². The van der Waals surface area contributed by atoms with Crippen LogP contribution in [0.1, 0.15) is 11.1 Å². The Kier molecular flexibility index (Phi) is 5.03. The predicted octanol–water partition coefficient (Wildman–Crippen LogP) is 3.40. The van der Waals surface area contributed by atoms with Gasteiger partial charge in [-0.3, -0.25) is 4.79 Å². The van der Waals surface area contributed by atoms with Crippen LogP contribution in [0.15, 0.2) is 46.9 Å². The number of thiocarbonyl (C=S) groups is 1. The lowest BCUT2D eigenvalue weighted by Crippen LogP contribution is -2.15. The molecule has 2 aromatic carbocycles. The largest absolute Gasteiger partial charge is 0.389 e. The van der Waals surface area contributed by atoms with Gasteiger partial charge in [0, 0.05) is 11.3 Å². The van der Waals surface area contributed by atoms with Gasteiger partial charge in [0.1, 0.15) is 10.8 Å². The van der Waals surface area contributed by atoms with Crippen LogP contribution in [-0.4, -0.2) is 10.9 Å². The van der Waals surface area contributed by atoms with Gasteiger partial charge in [-0.15, -0.1) is 0 Å². The van der Waals surface area contributed by atoms with Crippen molar-refractivity contribution in [3.05, 3.63) is 63.9 Å². The Morgan fingerprint density at radius 1 is 1.24 bits per heavy atom. The molecule has 0 atom stereocenters. The van der Waals surface area contributed by atoms with E-state index in [1.54, 1.807) is 24.3 Å². The van der Waals surface area contributed by atoms with Crippen LogP contribution in [0.25, 0.3) is 0 Å². The SMILES string of the molecule is NC(=S)c1ccc(CC(=O)Nc2ccc(F)c(Br)c2)cc1. The maximum Gasteiger partial charge on any atom is 0.228 e. The maximum absolute atomic E-state index is 13.1. The van der Waals surface area contributed by atoms with Gasteiger partial charge in [-0.25, -0.2) is 4.39 Å². The standard InChI is InChI=1S/C15H12BrFN2OS/c16-12-8-11(5-6-13(12)17)19-14(20)7-9-1-3-10(4-2-9)15(18)21/h1-6,8H,7H2,(H2,18,21)(H,19,20). The van der Waals surface area contributed by atoms with Crippen molar-refractivity contribution in [3.63, 3.8) is 0 Å². The van der Waals surface area contributed by atoms with Crippen molar-refractivity contribution in [2.75, 3.05) is 5.32 Å². The Morgan fingerprint density at radius 2 is 1.90 bits per heavy atom. The molecule has 0 aliphatic heterocycles. The zero-order valence-electron chi connectivity index (χ0n) is 10.9. The number of halogens is 2. The normalized spacial score (nSPS) is 10.2. The van der Waals surface area contributed by atoms with Crippen LogP contribution in [0.5, 0.6) is 0 Å². The third-order valence-electron chi connectivity index (χ3n) is 2.81. The molecule has 6 heteroatoms. The Labute approximate surface area is 135 Å². The molecule has 3 N–H and O–H groups in total. The minimum atomic E-state index is -0.374. The molecule has 3 nitrogen and oxygen atoms in total. The summed E-state index contributed by atoms with van der Waals surface area (Å²) >= 11 is 7.94. The average molecular weight is 367 g/mol. The van der Waals surface area contributed by atoms with E-state index < -0.39 is 0 Å². The Bertz CT molecular complexity index is 689. The van der Waals surface area contributed by atoms with Gasteiger partial charge in [0.25, 0.3) is 0 Å². The molecule has 0 unspecified atom stereocenters. The summed E-state index contributed by atoms with van der Waals surface area (Å²) in [6.45, 7) is 0. The van der Waals surface area contributed by atoms with Crippen LogP contribution in [0.4, 0.5) is 10.1 Å². The van der Waals surface area contributed by atoms with Gasteiger partial charge in [0.2, 0.25) is 5.91 Å². The molecule has 21 heavy (non-hydrogen) atoms. The minimum Gasteiger partial charge on any atom is -0.389 e. The summed E-state index contributed by atoms with van der Waals surface area (Å²) in [6.07, 6.45) is 0.215. The average Bonchev–Trinajstić information content (AvgIpc) is 2.43. The predicted molar refractivity (Wildman–Crippen MR) is 88.8 cm³/mol. The van der Waals surface area contributed by atoms with E-state index in [0.29, 0.717) is 15.1 Å².